The average Bonchev–Trinajstić information content (AvgIpc) is 2.85. The van der Waals surface area contributed by atoms with Gasteiger partial charge in [0.15, 0.2) is 0 Å². The molecule has 1 N–H and O–H groups in total. The van der Waals surface area contributed by atoms with Crippen LogP contribution in [0.4, 0.5) is 0 Å². The number of hydrogen-bond donors (Lipinski definition) is 1. The van der Waals surface area contributed by atoms with Gasteiger partial charge in [-0.25, -0.2) is 4.68 Å². The maximum Gasteiger partial charge on any atom is 0.132 e. The number of hydrogen-bond acceptors (Lipinski definition) is 1. The molecule has 2 heterocycles. The molecule has 0 aliphatic carbocycles. The minimum atomic E-state index is 0.992. The van der Waals surface area contributed by atoms with Crippen LogP contribution in [0.2, 0.25) is 0 Å². The van der Waals surface area contributed by atoms with E-state index in [1.165, 1.54) is 0 Å². The topological polar surface area (TPSA) is 33.6 Å². The Bertz CT molecular complexity index is 549. The lowest BCUT2D eigenvalue weighted by Gasteiger charge is -1.98. The first kappa shape index (κ1) is 7.38. The summed E-state index contributed by atoms with van der Waals surface area (Å²) in [5, 5.41) is 5.48. The molecule has 0 saturated carbocycles. The van der Waals surface area contributed by atoms with Crippen molar-refractivity contribution < 1.29 is 0 Å². The Hall–Kier alpha value is -2.03. The molecule has 0 atom stereocenters. The van der Waals surface area contributed by atoms with Gasteiger partial charge in [-0.15, -0.1) is 0 Å². The fourth-order valence-electron chi connectivity index (χ4n) is 1.62. The molecular weight excluding hydrogens is 174 g/mol. The van der Waals surface area contributed by atoms with Crippen LogP contribution in [0.25, 0.3) is 16.7 Å². The van der Waals surface area contributed by atoms with Crippen molar-refractivity contribution >= 4 is 10.9 Å². The molecule has 68 valence electrons. The molecular formula is C11H9N3. The summed E-state index contributed by atoms with van der Waals surface area (Å²) in [6.07, 6.45) is 3.77. The highest BCUT2D eigenvalue weighted by Gasteiger charge is 2.02. The van der Waals surface area contributed by atoms with Crippen molar-refractivity contribution in [2.45, 2.75) is 0 Å². The zero-order valence-electron chi connectivity index (χ0n) is 7.51. The molecule has 2 aromatic heterocycles. The minimum Gasteiger partial charge on any atom is -0.347 e. The molecule has 0 aliphatic heterocycles. The fraction of sp³-hybridized carbons (Fsp3) is 0. The summed E-state index contributed by atoms with van der Waals surface area (Å²) in [6.45, 7) is 0. The van der Waals surface area contributed by atoms with Crippen molar-refractivity contribution in [3.63, 3.8) is 0 Å². The minimum absolute atomic E-state index is 0.992. The fourth-order valence-corrected chi connectivity index (χ4v) is 1.62. The maximum atomic E-state index is 4.32. The monoisotopic (exact) mass is 183 g/mol. The van der Waals surface area contributed by atoms with E-state index in [1.54, 1.807) is 0 Å². The van der Waals surface area contributed by atoms with Crippen LogP contribution in [0.1, 0.15) is 0 Å². The molecule has 0 fully saturated rings. The number of para-hydroxylation sites is 1. The summed E-state index contributed by atoms with van der Waals surface area (Å²) in [5.74, 6) is 0.992. The van der Waals surface area contributed by atoms with E-state index in [0.717, 1.165) is 16.7 Å². The van der Waals surface area contributed by atoms with Gasteiger partial charge >= 0.3 is 0 Å². The van der Waals surface area contributed by atoms with Crippen LogP contribution in [0.5, 0.6) is 0 Å². The molecule has 3 heteroatoms. The summed E-state index contributed by atoms with van der Waals surface area (Å²) >= 11 is 0. The Morgan fingerprint density at radius 2 is 2.00 bits per heavy atom. The maximum absolute atomic E-state index is 4.32. The zero-order valence-corrected chi connectivity index (χ0v) is 7.51. The Kier molecular flexibility index (Phi) is 1.44. The smallest absolute Gasteiger partial charge is 0.132 e. The third-order valence-corrected chi connectivity index (χ3v) is 2.29. The van der Waals surface area contributed by atoms with E-state index in [2.05, 4.69) is 22.2 Å². The number of rotatable bonds is 1. The highest BCUT2D eigenvalue weighted by atomic mass is 15.3. The molecule has 0 aliphatic rings. The normalized spacial score (nSPS) is 10.9. The van der Waals surface area contributed by atoms with Gasteiger partial charge in [-0.1, -0.05) is 18.2 Å². The van der Waals surface area contributed by atoms with E-state index in [0.29, 0.717) is 0 Å². The lowest BCUT2D eigenvalue weighted by Crippen LogP contribution is -1.95. The van der Waals surface area contributed by atoms with Gasteiger partial charge in [0, 0.05) is 11.6 Å². The number of aromatic nitrogens is 3. The molecule has 0 amide bonds. The number of nitrogens with zero attached hydrogens (tertiary/aromatic N) is 2. The number of nitrogens with one attached hydrogen (secondary N) is 1. The van der Waals surface area contributed by atoms with E-state index in [-0.39, 0.29) is 0 Å². The quantitative estimate of drug-likeness (QED) is 0.617. The first-order valence-electron chi connectivity index (χ1n) is 4.52. The summed E-state index contributed by atoms with van der Waals surface area (Å²) in [6, 6.07) is 12.1. The van der Waals surface area contributed by atoms with Crippen LogP contribution in [-0.4, -0.2) is 14.8 Å². The Labute approximate surface area is 81.0 Å². The van der Waals surface area contributed by atoms with Gasteiger partial charge < -0.3 is 4.98 Å². The van der Waals surface area contributed by atoms with Gasteiger partial charge in [-0.3, -0.25) is 0 Å². The van der Waals surface area contributed by atoms with Crippen molar-refractivity contribution in [3.05, 3.63) is 48.8 Å². The van der Waals surface area contributed by atoms with Crippen LogP contribution < -0.4 is 0 Å². The van der Waals surface area contributed by atoms with E-state index in [1.807, 2.05) is 41.3 Å². The number of H-pyrrole nitrogens is 1. The van der Waals surface area contributed by atoms with E-state index in [9.17, 15) is 0 Å². The average molecular weight is 183 g/mol. The van der Waals surface area contributed by atoms with E-state index >= 15 is 0 Å². The van der Waals surface area contributed by atoms with E-state index in [4.69, 9.17) is 0 Å². The first-order valence-corrected chi connectivity index (χ1v) is 4.52. The first-order chi connectivity index (χ1) is 6.95. The molecule has 0 bridgehead atoms. The number of aromatic amines is 1. The Balaban J connectivity index is 2.33. The van der Waals surface area contributed by atoms with Gasteiger partial charge in [0.2, 0.25) is 0 Å². The van der Waals surface area contributed by atoms with E-state index < -0.39 is 0 Å². The standard InChI is InChI=1S/C11H9N3/c1-2-5-10-9(4-1)8-13-14(10)11-6-3-7-12-11/h1-8,12H. The summed E-state index contributed by atoms with van der Waals surface area (Å²) < 4.78 is 1.90. The van der Waals surface area contributed by atoms with Crippen LogP contribution in [0.15, 0.2) is 48.8 Å². The molecule has 3 rings (SSSR count). The summed E-state index contributed by atoms with van der Waals surface area (Å²) in [7, 11) is 0. The lowest BCUT2D eigenvalue weighted by atomic mass is 10.3. The summed E-state index contributed by atoms with van der Waals surface area (Å²) in [5.41, 5.74) is 1.12. The third kappa shape index (κ3) is 0.956. The molecule has 0 saturated heterocycles. The highest BCUT2D eigenvalue weighted by molar-refractivity contribution is 5.79. The molecule has 14 heavy (non-hydrogen) atoms. The van der Waals surface area contributed by atoms with Crippen molar-refractivity contribution in [1.82, 2.24) is 14.8 Å². The number of benzene rings is 1. The largest absolute Gasteiger partial charge is 0.347 e. The Morgan fingerprint density at radius 1 is 1.07 bits per heavy atom. The third-order valence-electron chi connectivity index (χ3n) is 2.29. The van der Waals surface area contributed by atoms with Crippen molar-refractivity contribution in [2.24, 2.45) is 0 Å². The van der Waals surface area contributed by atoms with Crippen LogP contribution >= 0.6 is 0 Å². The van der Waals surface area contributed by atoms with Crippen molar-refractivity contribution in [3.8, 4) is 5.82 Å². The van der Waals surface area contributed by atoms with Crippen LogP contribution in [0, 0.1) is 0 Å². The van der Waals surface area contributed by atoms with Gasteiger partial charge in [0.25, 0.3) is 0 Å². The van der Waals surface area contributed by atoms with Crippen LogP contribution in [0.3, 0.4) is 0 Å². The molecule has 3 aromatic rings. The zero-order chi connectivity index (χ0) is 9.38. The van der Waals surface area contributed by atoms with Gasteiger partial charge in [-0.2, -0.15) is 5.10 Å². The predicted octanol–water partition coefficient (Wildman–Crippen LogP) is 2.35. The Morgan fingerprint density at radius 3 is 2.86 bits per heavy atom. The second-order valence-corrected chi connectivity index (χ2v) is 3.17. The number of fused-ring (bicyclic) bond motifs is 1. The molecule has 3 nitrogen and oxygen atoms in total. The van der Waals surface area contributed by atoms with Gasteiger partial charge in [0.1, 0.15) is 5.82 Å². The second kappa shape index (κ2) is 2.73. The van der Waals surface area contributed by atoms with Crippen LogP contribution in [-0.2, 0) is 0 Å². The molecule has 0 unspecified atom stereocenters. The van der Waals surface area contributed by atoms with Gasteiger partial charge in [-0.05, 0) is 18.2 Å². The second-order valence-electron chi connectivity index (χ2n) is 3.17. The van der Waals surface area contributed by atoms with Crippen molar-refractivity contribution in [1.29, 1.82) is 0 Å². The highest BCUT2D eigenvalue weighted by Crippen LogP contribution is 2.15. The lowest BCUT2D eigenvalue weighted by molar-refractivity contribution is 0.883. The molecule has 0 spiro atoms. The predicted molar refractivity (Wildman–Crippen MR) is 55.4 cm³/mol. The summed E-state index contributed by atoms with van der Waals surface area (Å²) in [4.78, 5) is 3.13. The van der Waals surface area contributed by atoms with Crippen molar-refractivity contribution in [2.75, 3.05) is 0 Å². The SMILES string of the molecule is c1c[nH]c(-n2ncc3ccccc32)c1. The molecule has 0 radical (unpaired) electrons. The van der Waals surface area contributed by atoms with Gasteiger partial charge in [0.05, 0.1) is 11.7 Å². The molecule has 1 aromatic carbocycles.